The van der Waals surface area contributed by atoms with E-state index in [1.807, 2.05) is 13.8 Å². The number of morpholine rings is 1. The van der Waals surface area contributed by atoms with Gasteiger partial charge in [0.05, 0.1) is 17.7 Å². The molecule has 2 aromatic rings. The van der Waals surface area contributed by atoms with Crippen LogP contribution >= 0.6 is 0 Å². The third-order valence-electron chi connectivity index (χ3n) is 4.47. The van der Waals surface area contributed by atoms with E-state index in [0.29, 0.717) is 18.0 Å². The van der Waals surface area contributed by atoms with E-state index in [-0.39, 0.29) is 29.6 Å². The first-order chi connectivity index (χ1) is 13.3. The standard InChI is InChI=1S/C19H25N3O5S/c1-14-11-22(12-15(2)27-14)13-19(23)21-16-5-3-7-18(9-16)28(24,25)20-10-17-6-4-8-26-17/h3-9,14-15,20H,10-13H2,1-2H3,(H,21,23)/p+1/t14-,15+. The smallest absolute Gasteiger partial charge is 0.279 e. The number of benzene rings is 1. The molecule has 9 heteroatoms. The SMILES string of the molecule is C[C@@H]1C[NH+](CC(=O)Nc2cccc(S(=O)(=O)NCc3ccco3)c2)C[C@H](C)O1. The van der Waals surface area contributed by atoms with E-state index >= 15 is 0 Å². The number of hydrogen-bond donors (Lipinski definition) is 3. The number of quaternary nitrogens is 1. The number of carbonyl (C=O) groups is 1. The minimum atomic E-state index is -3.72. The Hall–Kier alpha value is -2.20. The predicted molar refractivity (Wildman–Crippen MR) is 103 cm³/mol. The number of ether oxygens (including phenoxy) is 1. The van der Waals surface area contributed by atoms with E-state index in [1.165, 1.54) is 18.4 Å². The Labute approximate surface area is 164 Å². The Balaban J connectivity index is 1.60. The molecule has 1 amide bonds. The molecule has 8 nitrogen and oxygen atoms in total. The molecule has 3 rings (SSSR count). The van der Waals surface area contributed by atoms with Crippen molar-refractivity contribution in [3.8, 4) is 0 Å². The Morgan fingerprint density at radius 3 is 2.61 bits per heavy atom. The molecule has 1 aromatic carbocycles. The summed E-state index contributed by atoms with van der Waals surface area (Å²) in [6.07, 6.45) is 1.71. The summed E-state index contributed by atoms with van der Waals surface area (Å²) in [5.41, 5.74) is 0.444. The van der Waals surface area contributed by atoms with Gasteiger partial charge in [-0.25, -0.2) is 13.1 Å². The number of sulfonamides is 1. The maximum absolute atomic E-state index is 12.5. The first kappa shape index (κ1) is 20.5. The molecule has 1 aliphatic rings. The van der Waals surface area contributed by atoms with Gasteiger partial charge in [-0.05, 0) is 44.2 Å². The fourth-order valence-electron chi connectivity index (χ4n) is 3.37. The first-order valence-electron chi connectivity index (χ1n) is 9.23. The lowest BCUT2D eigenvalue weighted by Gasteiger charge is -2.31. The van der Waals surface area contributed by atoms with Gasteiger partial charge < -0.3 is 19.4 Å². The summed E-state index contributed by atoms with van der Waals surface area (Å²) in [5, 5.41) is 2.79. The second kappa shape index (κ2) is 8.87. The molecule has 1 fully saturated rings. The molecular weight excluding hydrogens is 382 g/mol. The van der Waals surface area contributed by atoms with Crippen molar-refractivity contribution in [3.05, 3.63) is 48.4 Å². The lowest BCUT2D eigenvalue weighted by atomic mass is 10.2. The van der Waals surface area contributed by atoms with Crippen LogP contribution < -0.4 is 14.9 Å². The summed E-state index contributed by atoms with van der Waals surface area (Å²) in [5.74, 6) is 0.361. The molecule has 152 valence electrons. The predicted octanol–water partition coefficient (Wildman–Crippen LogP) is 0.389. The Kier molecular flexibility index (Phi) is 6.50. The summed E-state index contributed by atoms with van der Waals surface area (Å²) in [6.45, 7) is 5.90. The van der Waals surface area contributed by atoms with Gasteiger partial charge in [0, 0.05) is 5.69 Å². The van der Waals surface area contributed by atoms with Crippen LogP contribution in [0.1, 0.15) is 19.6 Å². The van der Waals surface area contributed by atoms with E-state index in [0.717, 1.165) is 18.0 Å². The lowest BCUT2D eigenvalue weighted by molar-refractivity contribution is -0.907. The van der Waals surface area contributed by atoms with E-state index in [2.05, 4.69) is 10.0 Å². The van der Waals surface area contributed by atoms with Crippen molar-refractivity contribution in [2.24, 2.45) is 0 Å². The molecule has 28 heavy (non-hydrogen) atoms. The zero-order valence-corrected chi connectivity index (χ0v) is 16.8. The molecule has 1 aromatic heterocycles. The van der Waals surface area contributed by atoms with E-state index < -0.39 is 10.0 Å². The van der Waals surface area contributed by atoms with Crippen molar-refractivity contribution in [3.63, 3.8) is 0 Å². The van der Waals surface area contributed by atoms with Crippen LogP contribution in [0.4, 0.5) is 5.69 Å². The third kappa shape index (κ3) is 5.65. The van der Waals surface area contributed by atoms with Gasteiger partial charge in [0.1, 0.15) is 31.1 Å². The molecule has 1 saturated heterocycles. The molecule has 2 heterocycles. The fourth-order valence-corrected chi connectivity index (χ4v) is 4.41. The quantitative estimate of drug-likeness (QED) is 0.615. The normalized spacial score (nSPS) is 22.7. The highest BCUT2D eigenvalue weighted by Gasteiger charge is 2.27. The molecule has 1 unspecified atom stereocenters. The van der Waals surface area contributed by atoms with Crippen LogP contribution in [0.2, 0.25) is 0 Å². The average Bonchev–Trinajstić information content (AvgIpc) is 3.13. The van der Waals surface area contributed by atoms with Crippen molar-refractivity contribution >= 4 is 21.6 Å². The average molecular weight is 409 g/mol. The molecule has 1 aliphatic heterocycles. The van der Waals surface area contributed by atoms with Crippen LogP contribution in [0.15, 0.2) is 52.0 Å². The molecular formula is C19H26N3O5S+. The summed E-state index contributed by atoms with van der Waals surface area (Å²) in [4.78, 5) is 13.6. The Morgan fingerprint density at radius 2 is 1.93 bits per heavy atom. The van der Waals surface area contributed by atoms with Gasteiger partial charge in [-0.3, -0.25) is 4.79 Å². The maximum atomic E-state index is 12.5. The highest BCUT2D eigenvalue weighted by Crippen LogP contribution is 2.16. The Bertz CT molecular complexity index is 888. The van der Waals surface area contributed by atoms with Crippen LogP contribution in [0.3, 0.4) is 0 Å². The van der Waals surface area contributed by atoms with E-state index in [4.69, 9.17) is 9.15 Å². The van der Waals surface area contributed by atoms with Gasteiger partial charge >= 0.3 is 0 Å². The second-order valence-electron chi connectivity index (χ2n) is 7.07. The molecule has 0 radical (unpaired) electrons. The summed E-state index contributed by atoms with van der Waals surface area (Å²) in [7, 11) is -3.72. The number of nitrogens with one attached hydrogen (secondary N) is 3. The molecule has 3 N–H and O–H groups in total. The maximum Gasteiger partial charge on any atom is 0.279 e. The fraction of sp³-hybridized carbons (Fsp3) is 0.421. The zero-order chi connectivity index (χ0) is 20.1. The lowest BCUT2D eigenvalue weighted by Crippen LogP contribution is -3.16. The van der Waals surface area contributed by atoms with Crippen molar-refractivity contribution in [1.82, 2.24) is 4.72 Å². The summed E-state index contributed by atoms with van der Waals surface area (Å²) in [6, 6.07) is 9.58. The third-order valence-corrected chi connectivity index (χ3v) is 5.87. The monoisotopic (exact) mass is 408 g/mol. The topological polar surface area (TPSA) is 102 Å². The highest BCUT2D eigenvalue weighted by molar-refractivity contribution is 7.89. The largest absolute Gasteiger partial charge is 0.468 e. The van der Waals surface area contributed by atoms with Gasteiger partial charge in [-0.2, -0.15) is 0 Å². The van der Waals surface area contributed by atoms with Crippen LogP contribution in [-0.2, 0) is 26.1 Å². The zero-order valence-electron chi connectivity index (χ0n) is 16.0. The van der Waals surface area contributed by atoms with Crippen LogP contribution in [-0.4, -0.2) is 46.2 Å². The minimum Gasteiger partial charge on any atom is -0.468 e. The molecule has 0 saturated carbocycles. The van der Waals surface area contributed by atoms with Crippen LogP contribution in [0.25, 0.3) is 0 Å². The van der Waals surface area contributed by atoms with Crippen molar-refractivity contribution < 1.29 is 27.3 Å². The molecule has 0 spiro atoms. The van der Waals surface area contributed by atoms with Gasteiger partial charge in [-0.15, -0.1) is 0 Å². The summed E-state index contributed by atoms with van der Waals surface area (Å²) < 4.78 is 38.2. The second-order valence-corrected chi connectivity index (χ2v) is 8.84. The minimum absolute atomic E-state index is 0.0582. The van der Waals surface area contributed by atoms with Gasteiger partial charge in [0.15, 0.2) is 6.54 Å². The molecule has 3 atom stereocenters. The van der Waals surface area contributed by atoms with Gasteiger partial charge in [0.25, 0.3) is 5.91 Å². The number of amides is 1. The van der Waals surface area contributed by atoms with Crippen molar-refractivity contribution in [1.29, 1.82) is 0 Å². The number of carbonyl (C=O) groups excluding carboxylic acids is 1. The van der Waals surface area contributed by atoms with E-state index in [1.54, 1.807) is 24.3 Å². The van der Waals surface area contributed by atoms with Crippen molar-refractivity contribution in [2.45, 2.75) is 37.5 Å². The highest BCUT2D eigenvalue weighted by atomic mass is 32.2. The van der Waals surface area contributed by atoms with E-state index in [9.17, 15) is 13.2 Å². The number of rotatable bonds is 7. The van der Waals surface area contributed by atoms with Gasteiger partial charge in [-0.1, -0.05) is 6.07 Å². The number of hydrogen-bond acceptors (Lipinski definition) is 5. The Morgan fingerprint density at radius 1 is 1.18 bits per heavy atom. The van der Waals surface area contributed by atoms with Gasteiger partial charge in [0.2, 0.25) is 10.0 Å². The number of furan rings is 1. The van der Waals surface area contributed by atoms with Crippen LogP contribution in [0, 0.1) is 0 Å². The molecule has 0 aliphatic carbocycles. The first-order valence-corrected chi connectivity index (χ1v) is 10.7. The molecule has 0 bridgehead atoms. The number of anilines is 1. The van der Waals surface area contributed by atoms with Crippen molar-refractivity contribution in [2.75, 3.05) is 25.0 Å². The summed E-state index contributed by atoms with van der Waals surface area (Å²) >= 11 is 0. The van der Waals surface area contributed by atoms with Crippen LogP contribution in [0.5, 0.6) is 0 Å².